The molecule has 0 aliphatic rings. The number of unbranched alkanes of at least 4 members (excludes halogenated alkanes) is 8. The number of carboxylic acid groups (broad SMARTS) is 1. The van der Waals surface area contributed by atoms with E-state index in [9.17, 15) is 4.79 Å². The summed E-state index contributed by atoms with van der Waals surface area (Å²) >= 11 is 0. The first-order valence-electron chi connectivity index (χ1n) is 7.82. The van der Waals surface area contributed by atoms with Crippen LogP contribution in [0.5, 0.6) is 0 Å². The summed E-state index contributed by atoms with van der Waals surface area (Å²) in [4.78, 5) is 10.8. The molecule has 0 aromatic heterocycles. The van der Waals surface area contributed by atoms with Crippen molar-refractivity contribution in [2.45, 2.75) is 85.0 Å². The second kappa shape index (κ2) is 11.6. The number of carboxylic acids is 1. The fourth-order valence-electron chi connectivity index (χ4n) is 2.27. The van der Waals surface area contributed by atoms with Crippen LogP contribution in [0.15, 0.2) is 0 Å². The van der Waals surface area contributed by atoms with Crippen LogP contribution >= 0.6 is 0 Å². The van der Waals surface area contributed by atoms with Crippen LogP contribution in [0.25, 0.3) is 0 Å². The van der Waals surface area contributed by atoms with Gasteiger partial charge in [0, 0.05) is 0 Å². The smallest absolute Gasteiger partial charge is 0.306 e. The number of hydrogen-bond acceptors (Lipinski definition) is 1. The molecule has 108 valence electrons. The van der Waals surface area contributed by atoms with Crippen molar-refractivity contribution >= 4 is 5.97 Å². The minimum Gasteiger partial charge on any atom is -0.481 e. The molecule has 0 aromatic rings. The molecule has 2 unspecified atom stereocenters. The quantitative estimate of drug-likeness (QED) is 0.483. The Kier molecular flexibility index (Phi) is 11.2. The van der Waals surface area contributed by atoms with Crippen LogP contribution in [-0.4, -0.2) is 11.1 Å². The Morgan fingerprint density at radius 2 is 1.33 bits per heavy atom. The predicted molar refractivity (Wildman–Crippen MR) is 77.8 cm³/mol. The number of hydrogen-bond donors (Lipinski definition) is 1. The molecule has 18 heavy (non-hydrogen) atoms. The second-order valence-electron chi connectivity index (χ2n) is 5.72. The van der Waals surface area contributed by atoms with E-state index < -0.39 is 5.97 Å². The van der Waals surface area contributed by atoms with Crippen LogP contribution in [-0.2, 0) is 4.79 Å². The summed E-state index contributed by atoms with van der Waals surface area (Å²) in [5.41, 5.74) is 0. The third-order valence-corrected chi connectivity index (χ3v) is 4.01. The minimum absolute atomic E-state index is 0.195. The molecule has 0 aliphatic heterocycles. The summed E-state index contributed by atoms with van der Waals surface area (Å²) in [6.07, 6.45) is 13.0. The van der Waals surface area contributed by atoms with E-state index in [2.05, 4.69) is 13.8 Å². The minimum atomic E-state index is -0.654. The molecule has 0 radical (unpaired) electrons. The maximum absolute atomic E-state index is 10.8. The van der Waals surface area contributed by atoms with E-state index in [4.69, 9.17) is 5.11 Å². The third kappa shape index (κ3) is 9.49. The van der Waals surface area contributed by atoms with Gasteiger partial charge in [0.1, 0.15) is 0 Å². The number of carbonyl (C=O) groups is 1. The molecular formula is C16H32O2. The topological polar surface area (TPSA) is 37.3 Å². The fourth-order valence-corrected chi connectivity index (χ4v) is 2.27. The molecule has 2 nitrogen and oxygen atoms in total. The van der Waals surface area contributed by atoms with Crippen molar-refractivity contribution < 1.29 is 9.90 Å². The zero-order valence-electron chi connectivity index (χ0n) is 12.6. The maximum atomic E-state index is 10.8. The van der Waals surface area contributed by atoms with Gasteiger partial charge in [-0.25, -0.2) is 0 Å². The van der Waals surface area contributed by atoms with Crippen LogP contribution in [0.3, 0.4) is 0 Å². The highest BCUT2D eigenvalue weighted by molar-refractivity contribution is 5.69. The summed E-state index contributed by atoms with van der Waals surface area (Å²) in [7, 11) is 0. The highest BCUT2D eigenvalue weighted by atomic mass is 16.4. The van der Waals surface area contributed by atoms with Crippen LogP contribution in [0.2, 0.25) is 0 Å². The van der Waals surface area contributed by atoms with Gasteiger partial charge in [0.25, 0.3) is 0 Å². The lowest BCUT2D eigenvalue weighted by atomic mass is 9.90. The van der Waals surface area contributed by atoms with Crippen LogP contribution in [0, 0.1) is 11.8 Å². The van der Waals surface area contributed by atoms with Crippen molar-refractivity contribution in [1.29, 1.82) is 0 Å². The Balaban J connectivity index is 3.27. The van der Waals surface area contributed by atoms with Crippen molar-refractivity contribution in [2.75, 3.05) is 0 Å². The number of rotatable bonds is 12. The SMILES string of the molecule is CCCCCCCCCCCC(C)C(C)C(=O)O. The summed E-state index contributed by atoms with van der Waals surface area (Å²) in [6.45, 7) is 6.13. The van der Waals surface area contributed by atoms with Crippen molar-refractivity contribution in [2.24, 2.45) is 11.8 Å². The van der Waals surface area contributed by atoms with Gasteiger partial charge in [-0.05, 0) is 12.3 Å². The Morgan fingerprint density at radius 3 is 1.78 bits per heavy atom. The van der Waals surface area contributed by atoms with Crippen molar-refractivity contribution in [3.8, 4) is 0 Å². The van der Waals surface area contributed by atoms with Crippen LogP contribution < -0.4 is 0 Å². The van der Waals surface area contributed by atoms with E-state index in [1.54, 1.807) is 0 Å². The van der Waals surface area contributed by atoms with Gasteiger partial charge in [0.2, 0.25) is 0 Å². The van der Waals surface area contributed by atoms with Gasteiger partial charge < -0.3 is 5.11 Å². The van der Waals surface area contributed by atoms with E-state index >= 15 is 0 Å². The largest absolute Gasteiger partial charge is 0.481 e. The average molecular weight is 256 g/mol. The third-order valence-electron chi connectivity index (χ3n) is 4.01. The van der Waals surface area contributed by atoms with E-state index in [0.29, 0.717) is 5.92 Å². The molecule has 0 aromatic carbocycles. The summed E-state index contributed by atoms with van der Waals surface area (Å²) < 4.78 is 0. The average Bonchev–Trinajstić information content (AvgIpc) is 2.35. The molecule has 2 heteroatoms. The molecule has 1 N–H and O–H groups in total. The monoisotopic (exact) mass is 256 g/mol. The van der Waals surface area contributed by atoms with Crippen molar-refractivity contribution in [1.82, 2.24) is 0 Å². The summed E-state index contributed by atoms with van der Waals surface area (Å²) in [6, 6.07) is 0. The lowest BCUT2D eigenvalue weighted by Crippen LogP contribution is -2.17. The zero-order chi connectivity index (χ0) is 13.8. The molecule has 0 amide bonds. The molecule has 2 atom stereocenters. The van der Waals surface area contributed by atoms with Gasteiger partial charge in [-0.3, -0.25) is 4.79 Å². The first-order chi connectivity index (χ1) is 8.59. The van der Waals surface area contributed by atoms with Gasteiger partial charge in [0.15, 0.2) is 0 Å². The van der Waals surface area contributed by atoms with Gasteiger partial charge in [0.05, 0.1) is 5.92 Å². The van der Waals surface area contributed by atoms with Gasteiger partial charge in [-0.15, -0.1) is 0 Å². The highest BCUT2D eigenvalue weighted by Crippen LogP contribution is 2.19. The van der Waals surface area contributed by atoms with Crippen molar-refractivity contribution in [3.63, 3.8) is 0 Å². The molecule has 0 rings (SSSR count). The normalized spacial score (nSPS) is 14.4. The van der Waals surface area contributed by atoms with Gasteiger partial charge in [-0.1, -0.05) is 78.6 Å². The Morgan fingerprint density at radius 1 is 0.889 bits per heavy atom. The fraction of sp³-hybridized carbons (Fsp3) is 0.938. The predicted octanol–water partition coefficient (Wildman–Crippen LogP) is 5.26. The molecule has 0 saturated heterocycles. The molecule has 0 aliphatic carbocycles. The van der Waals surface area contributed by atoms with E-state index in [1.807, 2.05) is 6.92 Å². The standard InChI is InChI=1S/C16H32O2/c1-4-5-6-7-8-9-10-11-12-13-14(2)15(3)16(17)18/h14-15H,4-13H2,1-3H3,(H,17,18). The van der Waals surface area contributed by atoms with Crippen molar-refractivity contribution in [3.05, 3.63) is 0 Å². The van der Waals surface area contributed by atoms with E-state index in [0.717, 1.165) is 6.42 Å². The molecule has 0 spiro atoms. The first kappa shape index (κ1) is 17.5. The van der Waals surface area contributed by atoms with Crippen LogP contribution in [0.1, 0.15) is 85.0 Å². The lowest BCUT2D eigenvalue weighted by Gasteiger charge is -2.15. The highest BCUT2D eigenvalue weighted by Gasteiger charge is 2.18. The molecule has 0 fully saturated rings. The molecule has 0 saturated carbocycles. The van der Waals surface area contributed by atoms with Gasteiger partial charge in [-0.2, -0.15) is 0 Å². The summed E-state index contributed by atoms with van der Waals surface area (Å²) in [5.74, 6) is -0.537. The lowest BCUT2D eigenvalue weighted by molar-refractivity contribution is -0.142. The first-order valence-corrected chi connectivity index (χ1v) is 7.82. The molecule has 0 bridgehead atoms. The second-order valence-corrected chi connectivity index (χ2v) is 5.72. The Labute approximate surface area is 113 Å². The summed E-state index contributed by atoms with van der Waals surface area (Å²) in [5, 5.41) is 8.90. The number of aliphatic carboxylic acids is 1. The van der Waals surface area contributed by atoms with Gasteiger partial charge >= 0.3 is 5.97 Å². The molecule has 0 heterocycles. The van der Waals surface area contributed by atoms with Crippen LogP contribution in [0.4, 0.5) is 0 Å². The Bertz CT molecular complexity index is 201. The zero-order valence-corrected chi connectivity index (χ0v) is 12.6. The maximum Gasteiger partial charge on any atom is 0.306 e. The Hall–Kier alpha value is -0.530. The molecular weight excluding hydrogens is 224 g/mol. The van der Waals surface area contributed by atoms with E-state index in [1.165, 1.54) is 57.8 Å². The van der Waals surface area contributed by atoms with E-state index in [-0.39, 0.29) is 5.92 Å².